The Bertz CT molecular complexity index is 115. The molecule has 2 rings (SSSR count). The van der Waals surface area contributed by atoms with Gasteiger partial charge in [0, 0.05) is 23.0 Å². The Morgan fingerprint density at radius 2 is 2.00 bits per heavy atom. The second kappa shape index (κ2) is 4.74. The minimum absolute atomic E-state index is 0.142. The fourth-order valence-corrected chi connectivity index (χ4v) is 5.23. The predicted octanol–water partition coefficient (Wildman–Crippen LogP) is 1.11. The fraction of sp³-hybridized carbons (Fsp3) is 1.00. The predicted molar refractivity (Wildman–Crippen MR) is 56.6 cm³/mol. The largest absolute Gasteiger partial charge is 0.380 e. The molecule has 2 saturated heterocycles. The van der Waals surface area contributed by atoms with Crippen molar-refractivity contribution in [2.24, 2.45) is 0 Å². The third-order valence-electron chi connectivity index (χ3n) is 2.25. The third-order valence-corrected chi connectivity index (χ3v) is 6.15. The van der Waals surface area contributed by atoms with Gasteiger partial charge in [-0.25, -0.2) is 10.9 Å². The van der Waals surface area contributed by atoms with Crippen molar-refractivity contribution in [3.63, 3.8) is 0 Å². The van der Waals surface area contributed by atoms with E-state index in [4.69, 9.17) is 9.47 Å². The Labute approximate surface area is 80.7 Å². The number of thiol groups is 1. The monoisotopic (exact) mass is 208 g/mol. The van der Waals surface area contributed by atoms with Gasteiger partial charge in [0.05, 0.1) is 25.3 Å². The second-order valence-electron chi connectivity index (χ2n) is 3.05. The molecule has 0 spiro atoms. The number of thioether (sulfide) groups is 1. The lowest BCUT2D eigenvalue weighted by molar-refractivity contribution is 0.126. The Morgan fingerprint density at radius 1 is 1.17 bits per heavy atom. The van der Waals surface area contributed by atoms with Crippen LogP contribution in [0.25, 0.3) is 0 Å². The Kier molecular flexibility index (Phi) is 3.63. The van der Waals surface area contributed by atoms with Gasteiger partial charge in [-0.2, -0.15) is 11.8 Å². The first-order valence-corrected chi connectivity index (χ1v) is 7.41. The van der Waals surface area contributed by atoms with E-state index in [2.05, 4.69) is 0 Å². The summed E-state index contributed by atoms with van der Waals surface area (Å²) in [4.78, 5) is 0. The minimum atomic E-state index is 0.142. The molecule has 0 radical (unpaired) electrons. The molecule has 0 N–H and O–H groups in total. The van der Waals surface area contributed by atoms with E-state index in [1.54, 1.807) is 0 Å². The Morgan fingerprint density at radius 3 is 2.67 bits per heavy atom. The highest BCUT2D eigenvalue weighted by molar-refractivity contribution is 8.18. The molecule has 2 aliphatic rings. The molecular weight excluding hydrogens is 192 g/mol. The smallest absolute Gasteiger partial charge is 0.0947 e. The lowest BCUT2D eigenvalue weighted by Gasteiger charge is -2.35. The van der Waals surface area contributed by atoms with Crippen LogP contribution in [0.2, 0.25) is 0 Å². The van der Waals surface area contributed by atoms with Crippen molar-refractivity contribution in [3.05, 3.63) is 0 Å². The van der Waals surface area contributed by atoms with Gasteiger partial charge < -0.3 is 9.47 Å². The van der Waals surface area contributed by atoms with E-state index < -0.39 is 0 Å². The molecule has 0 bridgehead atoms. The first kappa shape index (κ1) is 9.19. The number of ether oxygens (including phenoxy) is 2. The molecule has 0 aliphatic carbocycles. The zero-order valence-electron chi connectivity index (χ0n) is 7.20. The molecule has 72 valence electrons. The van der Waals surface area contributed by atoms with E-state index >= 15 is 0 Å². The molecule has 0 aromatic rings. The van der Waals surface area contributed by atoms with Crippen molar-refractivity contribution >= 4 is 22.7 Å². The van der Waals surface area contributed by atoms with Gasteiger partial charge in [-0.1, -0.05) is 0 Å². The summed E-state index contributed by atoms with van der Waals surface area (Å²) in [5.41, 5.74) is 0.586. The van der Waals surface area contributed by atoms with Crippen molar-refractivity contribution in [1.82, 2.24) is 0 Å². The van der Waals surface area contributed by atoms with E-state index in [-0.39, 0.29) is 10.9 Å². The van der Waals surface area contributed by atoms with Crippen LogP contribution in [0.1, 0.15) is 0 Å². The van der Waals surface area contributed by atoms with E-state index in [1.165, 1.54) is 23.0 Å². The summed E-state index contributed by atoms with van der Waals surface area (Å²) in [5.74, 6) is 4.95. The molecular formula is C8H16O2S2. The van der Waals surface area contributed by atoms with Gasteiger partial charge in [0.15, 0.2) is 0 Å². The highest BCUT2D eigenvalue weighted by Crippen LogP contribution is 2.37. The molecule has 12 heavy (non-hydrogen) atoms. The summed E-state index contributed by atoms with van der Waals surface area (Å²) in [7, 11) is 0.142. The highest BCUT2D eigenvalue weighted by atomic mass is 32.2. The summed E-state index contributed by atoms with van der Waals surface area (Å²) in [6, 6.07) is 0. The van der Waals surface area contributed by atoms with Gasteiger partial charge in [0.1, 0.15) is 0 Å². The van der Waals surface area contributed by atoms with Gasteiger partial charge in [0.2, 0.25) is 0 Å². The summed E-state index contributed by atoms with van der Waals surface area (Å²) >= 11 is 2.05. The van der Waals surface area contributed by atoms with Crippen LogP contribution in [0.15, 0.2) is 0 Å². The third kappa shape index (κ3) is 2.31. The average molecular weight is 208 g/mol. The van der Waals surface area contributed by atoms with Crippen LogP contribution in [0, 0.1) is 0 Å². The van der Waals surface area contributed by atoms with Crippen LogP contribution in [-0.4, -0.2) is 48.3 Å². The second-order valence-corrected chi connectivity index (χ2v) is 6.85. The quantitative estimate of drug-likeness (QED) is 0.651. The maximum absolute atomic E-state index is 5.77. The molecule has 0 aromatic carbocycles. The summed E-state index contributed by atoms with van der Waals surface area (Å²) < 4.78 is 11.1. The van der Waals surface area contributed by atoms with Crippen molar-refractivity contribution < 1.29 is 9.47 Å². The Balaban J connectivity index is 1.80. The zero-order valence-corrected chi connectivity index (χ0v) is 8.91. The van der Waals surface area contributed by atoms with Crippen molar-refractivity contribution in [2.45, 2.75) is 5.44 Å². The average Bonchev–Trinajstić information content (AvgIpc) is 2.21. The first-order valence-electron chi connectivity index (χ1n) is 4.48. The molecule has 0 amide bonds. The van der Waals surface area contributed by atoms with Crippen molar-refractivity contribution in [2.75, 3.05) is 42.8 Å². The van der Waals surface area contributed by atoms with Crippen LogP contribution in [0.4, 0.5) is 0 Å². The van der Waals surface area contributed by atoms with Gasteiger partial charge in [0.25, 0.3) is 0 Å². The van der Waals surface area contributed by atoms with E-state index in [0.717, 1.165) is 19.8 Å². The molecule has 4 heteroatoms. The first-order chi connectivity index (χ1) is 5.97. The zero-order chi connectivity index (χ0) is 8.23. The molecule has 2 fully saturated rings. The van der Waals surface area contributed by atoms with Crippen molar-refractivity contribution in [1.29, 1.82) is 0 Å². The summed E-state index contributed by atoms with van der Waals surface area (Å²) in [6.45, 7) is 2.90. The van der Waals surface area contributed by atoms with Crippen LogP contribution in [0.3, 0.4) is 0 Å². The number of rotatable bonds is 1. The van der Waals surface area contributed by atoms with Gasteiger partial charge in [-0.15, -0.1) is 0 Å². The fourth-order valence-electron chi connectivity index (χ4n) is 1.55. The molecule has 1 atom stereocenters. The molecule has 2 nitrogen and oxygen atoms in total. The topological polar surface area (TPSA) is 18.5 Å². The van der Waals surface area contributed by atoms with Crippen LogP contribution >= 0.6 is 22.7 Å². The van der Waals surface area contributed by atoms with Gasteiger partial charge in [-0.05, 0) is 0 Å². The number of hydrogen-bond acceptors (Lipinski definition) is 3. The molecule has 2 aliphatic heterocycles. The maximum Gasteiger partial charge on any atom is 0.0947 e. The standard InChI is InChI=1S/C8H16O2S2/c1-4-11-7-8(10-1)12-5-2-9-3-6-12/h8,12H,1-7H2. The summed E-state index contributed by atoms with van der Waals surface area (Å²) in [5, 5.41) is 0. The van der Waals surface area contributed by atoms with Crippen LogP contribution in [-0.2, 0) is 9.47 Å². The minimum Gasteiger partial charge on any atom is -0.380 e. The van der Waals surface area contributed by atoms with Gasteiger partial charge in [-0.3, -0.25) is 0 Å². The molecule has 1 unspecified atom stereocenters. The lowest BCUT2D eigenvalue weighted by atomic mass is 10.7. The van der Waals surface area contributed by atoms with E-state index in [9.17, 15) is 0 Å². The van der Waals surface area contributed by atoms with Gasteiger partial charge >= 0.3 is 0 Å². The lowest BCUT2D eigenvalue weighted by Crippen LogP contribution is -2.29. The normalized spacial score (nSPS) is 35.0. The highest BCUT2D eigenvalue weighted by Gasteiger charge is 2.23. The summed E-state index contributed by atoms with van der Waals surface area (Å²) in [6.07, 6.45) is 0. The van der Waals surface area contributed by atoms with Crippen molar-refractivity contribution in [3.8, 4) is 0 Å². The number of hydrogen-bond donors (Lipinski definition) is 1. The van der Waals surface area contributed by atoms with Crippen LogP contribution < -0.4 is 0 Å². The molecule has 0 saturated carbocycles. The van der Waals surface area contributed by atoms with Crippen LogP contribution in [0.5, 0.6) is 0 Å². The molecule has 2 heterocycles. The molecule has 0 aromatic heterocycles. The Hall–Kier alpha value is 0.620. The maximum atomic E-state index is 5.77. The SMILES string of the molecule is C1C[SH](C2CSCCO2)CCO1. The van der Waals surface area contributed by atoms with E-state index in [0.29, 0.717) is 5.44 Å². The van der Waals surface area contributed by atoms with E-state index in [1.807, 2.05) is 11.8 Å².